The van der Waals surface area contributed by atoms with E-state index in [0.717, 1.165) is 25.1 Å². The van der Waals surface area contributed by atoms with Crippen LogP contribution in [0.25, 0.3) is 0 Å². The monoisotopic (exact) mass is 662 g/mol. The van der Waals surface area contributed by atoms with E-state index in [4.69, 9.17) is 18.9 Å². The average Bonchev–Trinajstić information content (AvgIpc) is 3.00. The first-order chi connectivity index (χ1) is 22.2. The van der Waals surface area contributed by atoms with Gasteiger partial charge in [0.2, 0.25) is 5.91 Å². The minimum absolute atomic E-state index is 0.00189. The van der Waals surface area contributed by atoms with E-state index in [-0.39, 0.29) is 42.0 Å². The SMILES string of the molecule is CCCN(Cc1ccc(C(=O)CCCCC(=O)NCCOCCOCC(=O)CCCOCCOCC(=O)C(C)(C)C)cc1)C(C)(C)C. The molecule has 0 fully saturated rings. The van der Waals surface area contributed by atoms with E-state index in [0.29, 0.717) is 84.7 Å². The molecule has 1 N–H and O–H groups in total. The maximum absolute atomic E-state index is 12.6. The highest BCUT2D eigenvalue weighted by Gasteiger charge is 2.21. The highest BCUT2D eigenvalue weighted by Crippen LogP contribution is 2.19. The molecule has 0 aliphatic rings. The second-order valence-corrected chi connectivity index (χ2v) is 13.9. The third-order valence-corrected chi connectivity index (χ3v) is 7.54. The number of amides is 1. The van der Waals surface area contributed by atoms with E-state index in [1.807, 2.05) is 45.0 Å². The van der Waals surface area contributed by atoms with Crippen molar-refractivity contribution in [3.63, 3.8) is 0 Å². The number of rotatable bonds is 27. The van der Waals surface area contributed by atoms with Crippen molar-refractivity contribution in [2.45, 2.75) is 105 Å². The van der Waals surface area contributed by atoms with E-state index >= 15 is 0 Å². The normalized spacial score (nSPS) is 12.0. The summed E-state index contributed by atoms with van der Waals surface area (Å²) in [5.41, 5.74) is 1.61. The largest absolute Gasteiger partial charge is 0.379 e. The van der Waals surface area contributed by atoms with E-state index in [9.17, 15) is 19.2 Å². The first-order valence-corrected chi connectivity index (χ1v) is 17.2. The van der Waals surface area contributed by atoms with E-state index in [2.05, 4.69) is 37.9 Å². The number of nitrogens with zero attached hydrogens (tertiary/aromatic N) is 1. The van der Waals surface area contributed by atoms with Crippen molar-refractivity contribution in [2.24, 2.45) is 5.41 Å². The van der Waals surface area contributed by atoms with Crippen molar-refractivity contribution in [1.82, 2.24) is 10.2 Å². The fourth-order valence-corrected chi connectivity index (χ4v) is 4.46. The Bertz CT molecular complexity index is 1040. The molecule has 268 valence electrons. The zero-order valence-corrected chi connectivity index (χ0v) is 30.3. The molecular weight excluding hydrogens is 600 g/mol. The minimum atomic E-state index is -0.406. The summed E-state index contributed by atoms with van der Waals surface area (Å²) in [4.78, 5) is 50.8. The van der Waals surface area contributed by atoms with Crippen molar-refractivity contribution >= 4 is 23.3 Å². The van der Waals surface area contributed by atoms with Crippen LogP contribution in [0, 0.1) is 5.41 Å². The molecule has 1 amide bonds. The summed E-state index contributed by atoms with van der Waals surface area (Å²) in [5.74, 6) is 0.0953. The molecule has 47 heavy (non-hydrogen) atoms. The predicted octanol–water partition coefficient (Wildman–Crippen LogP) is 5.59. The third-order valence-electron chi connectivity index (χ3n) is 7.54. The maximum Gasteiger partial charge on any atom is 0.220 e. The van der Waals surface area contributed by atoms with Crippen LogP contribution in [-0.4, -0.2) is 99.6 Å². The molecule has 0 unspecified atom stereocenters. The molecule has 0 radical (unpaired) electrons. The van der Waals surface area contributed by atoms with Gasteiger partial charge in [-0.05, 0) is 58.6 Å². The number of unbranched alkanes of at least 4 members (excludes halogenated alkanes) is 1. The number of hydrogen-bond donors (Lipinski definition) is 1. The number of carbonyl (C=O) groups excluding carboxylic acids is 4. The zero-order chi connectivity index (χ0) is 35.1. The fraction of sp³-hybridized carbons (Fsp3) is 0.730. The topological polar surface area (TPSA) is 120 Å². The van der Waals surface area contributed by atoms with Crippen LogP contribution in [-0.2, 0) is 39.9 Å². The summed E-state index contributed by atoms with van der Waals surface area (Å²) in [5, 5.41) is 2.83. The standard InChI is InChI=1S/C37H62N2O8/c1-8-20-39(37(5,6)7)27-30-15-17-31(18-16-30)33(41)13-9-10-14-35(43)38-19-22-45-24-25-46-28-32(40)12-11-21-44-23-26-47-29-34(42)36(2,3)4/h15-18H,8-14,19-29H2,1-7H3,(H,38,43). The Balaban J connectivity index is 2.00. The second kappa shape index (κ2) is 23.8. The Morgan fingerprint density at radius 2 is 1.30 bits per heavy atom. The Morgan fingerprint density at radius 1 is 0.702 bits per heavy atom. The Morgan fingerprint density at radius 3 is 1.91 bits per heavy atom. The Labute approximate surface area is 283 Å². The molecule has 0 bridgehead atoms. The van der Waals surface area contributed by atoms with Gasteiger partial charge in [-0.1, -0.05) is 52.0 Å². The lowest BCUT2D eigenvalue weighted by Gasteiger charge is -2.35. The lowest BCUT2D eigenvalue weighted by Crippen LogP contribution is -2.41. The first-order valence-electron chi connectivity index (χ1n) is 17.2. The molecule has 0 spiro atoms. The predicted molar refractivity (Wildman–Crippen MR) is 185 cm³/mol. The molecule has 1 aromatic carbocycles. The Hall–Kier alpha value is -2.50. The summed E-state index contributed by atoms with van der Waals surface area (Å²) in [6.45, 7) is 19.0. The zero-order valence-electron chi connectivity index (χ0n) is 30.3. The third kappa shape index (κ3) is 21.2. The van der Waals surface area contributed by atoms with Crippen molar-refractivity contribution < 1.29 is 38.1 Å². The molecule has 1 aromatic rings. The highest BCUT2D eigenvalue weighted by atomic mass is 16.5. The van der Waals surface area contributed by atoms with Gasteiger partial charge in [-0.3, -0.25) is 24.1 Å². The van der Waals surface area contributed by atoms with E-state index in [1.54, 1.807) is 0 Å². The van der Waals surface area contributed by atoms with Crippen molar-refractivity contribution in [2.75, 3.05) is 65.9 Å². The lowest BCUT2D eigenvalue weighted by atomic mass is 9.91. The van der Waals surface area contributed by atoms with Gasteiger partial charge in [0.25, 0.3) is 0 Å². The van der Waals surface area contributed by atoms with Crippen molar-refractivity contribution in [3.05, 3.63) is 35.4 Å². The van der Waals surface area contributed by atoms with Gasteiger partial charge in [0, 0.05) is 55.5 Å². The van der Waals surface area contributed by atoms with E-state index < -0.39 is 5.41 Å². The summed E-state index contributed by atoms with van der Waals surface area (Å²) >= 11 is 0. The number of Topliss-reactive ketones (excluding diaryl/α,β-unsaturated/α-hetero) is 3. The van der Waals surface area contributed by atoms with Crippen LogP contribution in [0.3, 0.4) is 0 Å². The van der Waals surface area contributed by atoms with Gasteiger partial charge >= 0.3 is 0 Å². The van der Waals surface area contributed by atoms with Gasteiger partial charge in [0.15, 0.2) is 17.3 Å². The van der Waals surface area contributed by atoms with Crippen LogP contribution in [0.1, 0.15) is 109 Å². The summed E-state index contributed by atoms with van der Waals surface area (Å²) in [6, 6.07) is 7.92. The molecule has 10 nitrogen and oxygen atoms in total. The van der Waals surface area contributed by atoms with Gasteiger partial charge in [0.1, 0.15) is 13.2 Å². The number of ether oxygens (including phenoxy) is 4. The molecule has 0 saturated heterocycles. The average molecular weight is 663 g/mol. The van der Waals surface area contributed by atoms with Crippen LogP contribution in [0.2, 0.25) is 0 Å². The second-order valence-electron chi connectivity index (χ2n) is 13.9. The van der Waals surface area contributed by atoms with Crippen molar-refractivity contribution in [1.29, 1.82) is 0 Å². The maximum atomic E-state index is 12.6. The summed E-state index contributed by atoms with van der Waals surface area (Å²) < 4.78 is 21.6. The summed E-state index contributed by atoms with van der Waals surface area (Å²) in [6.07, 6.45) is 4.17. The smallest absolute Gasteiger partial charge is 0.220 e. The molecule has 0 aromatic heterocycles. The molecule has 10 heteroatoms. The van der Waals surface area contributed by atoms with Gasteiger partial charge in [-0.15, -0.1) is 0 Å². The van der Waals surface area contributed by atoms with Crippen LogP contribution in [0.15, 0.2) is 24.3 Å². The molecule has 0 heterocycles. The number of ketones is 3. The quantitative estimate of drug-likeness (QED) is 0.0950. The molecule has 0 saturated carbocycles. The Kier molecular flexibility index (Phi) is 21.5. The number of benzene rings is 1. The molecule has 1 rings (SSSR count). The molecule has 0 aliphatic carbocycles. The van der Waals surface area contributed by atoms with Crippen LogP contribution >= 0.6 is 0 Å². The van der Waals surface area contributed by atoms with Gasteiger partial charge < -0.3 is 24.3 Å². The molecular formula is C37H62N2O8. The number of nitrogens with one attached hydrogen (secondary N) is 1. The van der Waals surface area contributed by atoms with Crippen molar-refractivity contribution in [3.8, 4) is 0 Å². The fourth-order valence-electron chi connectivity index (χ4n) is 4.46. The summed E-state index contributed by atoms with van der Waals surface area (Å²) in [7, 11) is 0. The molecule has 0 atom stereocenters. The van der Waals surface area contributed by atoms with Crippen LogP contribution in [0.5, 0.6) is 0 Å². The number of hydrogen-bond acceptors (Lipinski definition) is 9. The minimum Gasteiger partial charge on any atom is -0.379 e. The van der Waals surface area contributed by atoms with Gasteiger partial charge in [-0.25, -0.2) is 0 Å². The highest BCUT2D eigenvalue weighted by molar-refractivity contribution is 5.96. The van der Waals surface area contributed by atoms with Gasteiger partial charge in [0.05, 0.1) is 33.0 Å². The van der Waals surface area contributed by atoms with Gasteiger partial charge in [-0.2, -0.15) is 0 Å². The number of carbonyl (C=O) groups is 4. The van der Waals surface area contributed by atoms with E-state index in [1.165, 1.54) is 5.56 Å². The van der Waals surface area contributed by atoms with Crippen LogP contribution in [0.4, 0.5) is 0 Å². The first kappa shape index (κ1) is 42.5. The lowest BCUT2D eigenvalue weighted by molar-refractivity contribution is -0.131. The molecule has 0 aliphatic heterocycles. The van der Waals surface area contributed by atoms with Crippen LogP contribution < -0.4 is 5.32 Å².